The van der Waals surface area contributed by atoms with Crippen LogP contribution < -0.4 is 10.9 Å². The van der Waals surface area contributed by atoms with Crippen LogP contribution in [0.2, 0.25) is 0 Å². The number of aromatic hydroxyl groups is 1. The van der Waals surface area contributed by atoms with Crippen LogP contribution in [0.25, 0.3) is 10.8 Å². The Morgan fingerprint density at radius 1 is 1.31 bits per heavy atom. The zero-order chi connectivity index (χ0) is 11.7. The van der Waals surface area contributed by atoms with Gasteiger partial charge in [-0.25, -0.2) is 10.9 Å². The maximum atomic E-state index is 11.2. The van der Waals surface area contributed by atoms with Gasteiger partial charge in [-0.2, -0.15) is 0 Å². The fraction of sp³-hybridized carbons (Fsp3) is 0.0833. The van der Waals surface area contributed by atoms with Crippen molar-refractivity contribution in [2.24, 2.45) is 5.84 Å². The molecule has 0 saturated heterocycles. The summed E-state index contributed by atoms with van der Waals surface area (Å²) in [6.07, 6.45) is 0. The number of benzene rings is 2. The Balaban J connectivity index is 2.69. The molecule has 4 heteroatoms. The zero-order valence-corrected chi connectivity index (χ0v) is 8.84. The maximum absolute atomic E-state index is 11.2. The first kappa shape index (κ1) is 10.4. The molecule has 1 amide bonds. The van der Waals surface area contributed by atoms with Crippen LogP contribution in [0, 0.1) is 0 Å². The van der Waals surface area contributed by atoms with E-state index in [1.54, 1.807) is 24.3 Å². The van der Waals surface area contributed by atoms with Crippen LogP contribution in [0.3, 0.4) is 0 Å². The van der Waals surface area contributed by atoms with Crippen LogP contribution >= 0.6 is 0 Å². The predicted octanol–water partition coefficient (Wildman–Crippen LogP) is 1.77. The van der Waals surface area contributed by atoms with Gasteiger partial charge >= 0.3 is 0 Å². The van der Waals surface area contributed by atoms with Gasteiger partial charge in [0.1, 0.15) is 5.75 Å². The molecule has 16 heavy (non-hydrogen) atoms. The van der Waals surface area contributed by atoms with Gasteiger partial charge in [0.2, 0.25) is 5.91 Å². The smallest absolute Gasteiger partial charge is 0.238 e. The van der Waals surface area contributed by atoms with E-state index >= 15 is 0 Å². The summed E-state index contributed by atoms with van der Waals surface area (Å²) in [5.41, 5.74) is 0.584. The van der Waals surface area contributed by atoms with E-state index < -0.39 is 0 Å². The van der Waals surface area contributed by atoms with E-state index in [2.05, 4.69) is 0 Å². The van der Waals surface area contributed by atoms with Gasteiger partial charge < -0.3 is 5.11 Å². The third-order valence-corrected chi connectivity index (χ3v) is 2.44. The molecule has 3 N–H and O–H groups in total. The molecule has 0 aliphatic carbocycles. The van der Waals surface area contributed by atoms with Gasteiger partial charge in [0.05, 0.1) is 5.69 Å². The lowest BCUT2D eigenvalue weighted by Crippen LogP contribution is -2.35. The summed E-state index contributed by atoms with van der Waals surface area (Å²) in [6.45, 7) is 1.39. The Morgan fingerprint density at radius 3 is 2.75 bits per heavy atom. The van der Waals surface area contributed by atoms with E-state index in [4.69, 9.17) is 5.84 Å². The summed E-state index contributed by atoms with van der Waals surface area (Å²) in [4.78, 5) is 11.2. The summed E-state index contributed by atoms with van der Waals surface area (Å²) in [6, 6.07) is 10.4. The van der Waals surface area contributed by atoms with Crippen LogP contribution in [0.4, 0.5) is 5.69 Å². The summed E-state index contributed by atoms with van der Waals surface area (Å²) < 4.78 is 0. The molecule has 0 radical (unpaired) electrons. The summed E-state index contributed by atoms with van der Waals surface area (Å²) >= 11 is 0. The third-order valence-electron chi connectivity index (χ3n) is 2.44. The molecule has 2 rings (SSSR count). The average Bonchev–Trinajstić information content (AvgIpc) is 2.27. The van der Waals surface area contributed by atoms with E-state index in [0.29, 0.717) is 5.69 Å². The number of phenols is 1. The Bertz CT molecular complexity index is 552. The maximum Gasteiger partial charge on any atom is 0.238 e. The molecule has 0 aromatic heterocycles. The number of hydrogen-bond donors (Lipinski definition) is 2. The highest BCUT2D eigenvalue weighted by molar-refractivity contribution is 6.02. The number of hydrogen-bond acceptors (Lipinski definition) is 3. The number of amides is 1. The van der Waals surface area contributed by atoms with Gasteiger partial charge in [-0.05, 0) is 23.6 Å². The Hall–Kier alpha value is -2.07. The molecule has 0 fully saturated rings. The highest BCUT2D eigenvalue weighted by atomic mass is 16.3. The molecular weight excluding hydrogens is 204 g/mol. The second-order valence-corrected chi connectivity index (χ2v) is 3.57. The fourth-order valence-corrected chi connectivity index (χ4v) is 1.62. The number of carbonyl (C=O) groups is 1. The molecule has 2 aromatic rings. The molecule has 0 aliphatic heterocycles. The molecule has 0 bridgehead atoms. The third kappa shape index (κ3) is 1.70. The monoisotopic (exact) mass is 216 g/mol. The second kappa shape index (κ2) is 3.83. The molecule has 0 saturated carbocycles. The molecular formula is C12H12N2O2. The largest absolute Gasteiger partial charge is 0.508 e. The molecule has 0 spiro atoms. The SMILES string of the molecule is CC(=O)N(N)c1cccc2ccc(O)cc12. The highest BCUT2D eigenvalue weighted by Gasteiger charge is 2.10. The number of nitrogens with two attached hydrogens (primary N) is 1. The van der Waals surface area contributed by atoms with E-state index in [1.807, 2.05) is 12.1 Å². The van der Waals surface area contributed by atoms with Gasteiger partial charge in [0, 0.05) is 12.3 Å². The number of nitrogens with zero attached hydrogens (tertiary/aromatic N) is 1. The van der Waals surface area contributed by atoms with E-state index in [1.165, 1.54) is 6.92 Å². The quantitative estimate of drug-likeness (QED) is 0.433. The minimum atomic E-state index is -0.254. The average molecular weight is 216 g/mol. The number of rotatable bonds is 1. The van der Waals surface area contributed by atoms with Crippen molar-refractivity contribution in [3.63, 3.8) is 0 Å². The van der Waals surface area contributed by atoms with Crippen molar-refractivity contribution in [1.82, 2.24) is 0 Å². The first-order valence-corrected chi connectivity index (χ1v) is 4.87. The van der Waals surface area contributed by atoms with E-state index in [9.17, 15) is 9.90 Å². The Kier molecular flexibility index (Phi) is 2.50. The lowest BCUT2D eigenvalue weighted by molar-refractivity contribution is -0.116. The number of carbonyl (C=O) groups excluding carboxylic acids is 1. The van der Waals surface area contributed by atoms with Crippen LogP contribution in [-0.2, 0) is 4.79 Å². The number of hydrazine groups is 1. The predicted molar refractivity (Wildman–Crippen MR) is 63.0 cm³/mol. The van der Waals surface area contributed by atoms with Crippen molar-refractivity contribution in [3.05, 3.63) is 36.4 Å². The van der Waals surface area contributed by atoms with E-state index in [-0.39, 0.29) is 11.7 Å². The minimum Gasteiger partial charge on any atom is -0.508 e. The summed E-state index contributed by atoms with van der Waals surface area (Å²) in [7, 11) is 0. The van der Waals surface area contributed by atoms with E-state index in [0.717, 1.165) is 15.8 Å². The molecule has 0 heterocycles. The van der Waals surface area contributed by atoms with Crippen molar-refractivity contribution < 1.29 is 9.90 Å². The van der Waals surface area contributed by atoms with Crippen LogP contribution in [0.15, 0.2) is 36.4 Å². The van der Waals surface area contributed by atoms with Gasteiger partial charge in [0.25, 0.3) is 0 Å². The van der Waals surface area contributed by atoms with Gasteiger partial charge in [-0.1, -0.05) is 18.2 Å². The minimum absolute atomic E-state index is 0.150. The molecule has 0 aliphatic rings. The van der Waals surface area contributed by atoms with Crippen LogP contribution in [-0.4, -0.2) is 11.0 Å². The number of anilines is 1. The second-order valence-electron chi connectivity index (χ2n) is 3.57. The zero-order valence-electron chi connectivity index (χ0n) is 8.84. The number of phenolic OH excluding ortho intramolecular Hbond substituents is 1. The summed E-state index contributed by atoms with van der Waals surface area (Å²) in [5.74, 6) is 5.55. The van der Waals surface area contributed by atoms with Crippen molar-refractivity contribution in [1.29, 1.82) is 0 Å². The normalized spacial score (nSPS) is 10.4. The standard InChI is InChI=1S/C12H12N2O2/c1-8(15)14(13)12-4-2-3-9-5-6-10(16)7-11(9)12/h2-7,16H,13H2,1H3. The van der Waals surface area contributed by atoms with Crippen LogP contribution in [0.1, 0.15) is 6.92 Å². The molecule has 0 atom stereocenters. The molecule has 4 nitrogen and oxygen atoms in total. The molecule has 0 unspecified atom stereocenters. The van der Waals surface area contributed by atoms with Gasteiger partial charge in [-0.3, -0.25) is 4.79 Å². The molecule has 2 aromatic carbocycles. The van der Waals surface area contributed by atoms with Crippen molar-refractivity contribution in [3.8, 4) is 5.75 Å². The van der Waals surface area contributed by atoms with Gasteiger partial charge in [0.15, 0.2) is 0 Å². The van der Waals surface area contributed by atoms with Gasteiger partial charge in [-0.15, -0.1) is 0 Å². The first-order chi connectivity index (χ1) is 7.59. The Morgan fingerprint density at radius 2 is 2.06 bits per heavy atom. The lowest BCUT2D eigenvalue weighted by Gasteiger charge is -2.16. The first-order valence-electron chi connectivity index (χ1n) is 4.87. The Labute approximate surface area is 92.9 Å². The summed E-state index contributed by atoms with van der Waals surface area (Å²) in [5, 5.41) is 12.2. The van der Waals surface area contributed by atoms with Crippen molar-refractivity contribution in [2.45, 2.75) is 6.92 Å². The molecule has 82 valence electrons. The van der Waals surface area contributed by atoms with Crippen molar-refractivity contribution >= 4 is 22.4 Å². The fourth-order valence-electron chi connectivity index (χ4n) is 1.62. The topological polar surface area (TPSA) is 66.6 Å². The number of fused-ring (bicyclic) bond motifs is 1. The van der Waals surface area contributed by atoms with Crippen LogP contribution in [0.5, 0.6) is 5.75 Å². The van der Waals surface area contributed by atoms with Crippen molar-refractivity contribution in [2.75, 3.05) is 5.01 Å². The lowest BCUT2D eigenvalue weighted by atomic mass is 10.1. The highest BCUT2D eigenvalue weighted by Crippen LogP contribution is 2.28.